The molecule has 0 N–H and O–H groups in total. The number of hydrogen-bond acceptors (Lipinski definition) is 1. The molecule has 126 valence electrons. The summed E-state index contributed by atoms with van der Waals surface area (Å²) in [5, 5.41) is 0. The minimum atomic E-state index is 0.513. The molecule has 0 radical (unpaired) electrons. The van der Waals surface area contributed by atoms with E-state index in [-0.39, 0.29) is 0 Å². The van der Waals surface area contributed by atoms with Crippen LogP contribution in [0.2, 0.25) is 0 Å². The lowest BCUT2D eigenvalue weighted by Crippen LogP contribution is -2.32. The molecule has 0 aliphatic rings. The van der Waals surface area contributed by atoms with Crippen LogP contribution in [0.5, 0.6) is 0 Å². The summed E-state index contributed by atoms with van der Waals surface area (Å²) in [6, 6.07) is 12.9. The van der Waals surface area contributed by atoms with Crippen LogP contribution < -0.4 is 4.57 Å². The standard InChI is InChI=1S/C22H24N3/c1-14(2)18-12-20(24(5)13-15(18)3)17-9-10-19-22(16(17)4)23-21-8-6-7-11-25(19)21/h6-14H,1-5H3/q+1. The first-order valence-electron chi connectivity index (χ1n) is 8.84. The number of fused-ring (bicyclic) bond motifs is 3. The molecule has 0 aliphatic heterocycles. The van der Waals surface area contributed by atoms with Gasteiger partial charge in [0.2, 0.25) is 5.69 Å². The first-order valence-corrected chi connectivity index (χ1v) is 8.84. The fourth-order valence-corrected chi connectivity index (χ4v) is 3.83. The van der Waals surface area contributed by atoms with Gasteiger partial charge in [-0.1, -0.05) is 19.9 Å². The van der Waals surface area contributed by atoms with Gasteiger partial charge in [-0.15, -0.1) is 0 Å². The summed E-state index contributed by atoms with van der Waals surface area (Å²) >= 11 is 0. The number of aromatic nitrogens is 3. The van der Waals surface area contributed by atoms with Gasteiger partial charge in [-0.05, 0) is 55.2 Å². The number of benzene rings is 1. The lowest BCUT2D eigenvalue weighted by atomic mass is 9.95. The van der Waals surface area contributed by atoms with Gasteiger partial charge in [0.05, 0.1) is 16.6 Å². The Labute approximate surface area is 148 Å². The highest BCUT2D eigenvalue weighted by atomic mass is 15.0. The highest BCUT2D eigenvalue weighted by Gasteiger charge is 2.19. The summed E-state index contributed by atoms with van der Waals surface area (Å²) in [6.45, 7) is 8.88. The van der Waals surface area contributed by atoms with Gasteiger partial charge in [-0.3, -0.25) is 4.40 Å². The summed E-state index contributed by atoms with van der Waals surface area (Å²) in [5.41, 5.74) is 9.71. The van der Waals surface area contributed by atoms with Crippen molar-refractivity contribution in [1.82, 2.24) is 9.38 Å². The molecule has 1 aromatic carbocycles. The van der Waals surface area contributed by atoms with E-state index in [9.17, 15) is 0 Å². The maximum Gasteiger partial charge on any atom is 0.212 e. The van der Waals surface area contributed by atoms with E-state index in [1.54, 1.807) is 0 Å². The highest BCUT2D eigenvalue weighted by Crippen LogP contribution is 2.30. The Hall–Kier alpha value is -2.68. The van der Waals surface area contributed by atoms with E-state index >= 15 is 0 Å². The van der Waals surface area contributed by atoms with Gasteiger partial charge in [0.25, 0.3) is 0 Å². The second-order valence-corrected chi connectivity index (χ2v) is 7.21. The molecule has 3 heterocycles. The van der Waals surface area contributed by atoms with E-state index in [1.807, 2.05) is 12.1 Å². The van der Waals surface area contributed by atoms with Gasteiger partial charge in [0, 0.05) is 17.8 Å². The molecule has 0 atom stereocenters. The summed E-state index contributed by atoms with van der Waals surface area (Å²) in [6.07, 6.45) is 4.31. The lowest BCUT2D eigenvalue weighted by Gasteiger charge is -2.12. The molecule has 0 aliphatic carbocycles. The molecule has 0 amide bonds. The van der Waals surface area contributed by atoms with Crippen LogP contribution in [-0.4, -0.2) is 9.38 Å². The molecule has 3 aromatic heterocycles. The van der Waals surface area contributed by atoms with Crippen molar-refractivity contribution in [2.24, 2.45) is 7.05 Å². The Balaban J connectivity index is 2.00. The topological polar surface area (TPSA) is 21.2 Å². The zero-order valence-corrected chi connectivity index (χ0v) is 15.5. The molecule has 4 rings (SSSR count). The van der Waals surface area contributed by atoms with Crippen LogP contribution in [0, 0.1) is 13.8 Å². The number of pyridine rings is 2. The van der Waals surface area contributed by atoms with Gasteiger partial charge in [0.1, 0.15) is 12.7 Å². The van der Waals surface area contributed by atoms with Crippen molar-refractivity contribution in [3.63, 3.8) is 0 Å². The minimum Gasteiger partial charge on any atom is -0.300 e. The number of rotatable bonds is 2. The molecular weight excluding hydrogens is 306 g/mol. The molecule has 0 fully saturated rings. The lowest BCUT2D eigenvalue weighted by molar-refractivity contribution is -0.660. The maximum atomic E-state index is 4.86. The van der Waals surface area contributed by atoms with Crippen LogP contribution in [0.3, 0.4) is 0 Å². The molecule has 0 saturated carbocycles. The van der Waals surface area contributed by atoms with Crippen molar-refractivity contribution in [3.8, 4) is 11.3 Å². The minimum absolute atomic E-state index is 0.513. The second kappa shape index (κ2) is 5.69. The monoisotopic (exact) mass is 330 g/mol. The van der Waals surface area contributed by atoms with E-state index in [1.165, 1.54) is 27.9 Å². The van der Waals surface area contributed by atoms with Gasteiger partial charge >= 0.3 is 0 Å². The van der Waals surface area contributed by atoms with E-state index in [4.69, 9.17) is 4.98 Å². The summed E-state index contributed by atoms with van der Waals surface area (Å²) in [5.74, 6) is 0.513. The van der Waals surface area contributed by atoms with Crippen molar-refractivity contribution in [3.05, 3.63) is 65.5 Å². The second-order valence-electron chi connectivity index (χ2n) is 7.21. The van der Waals surface area contributed by atoms with Gasteiger partial charge in [-0.25, -0.2) is 9.55 Å². The van der Waals surface area contributed by atoms with Crippen LogP contribution in [0.25, 0.3) is 27.9 Å². The zero-order chi connectivity index (χ0) is 17.7. The van der Waals surface area contributed by atoms with Crippen LogP contribution in [0.4, 0.5) is 0 Å². The van der Waals surface area contributed by atoms with Crippen LogP contribution in [-0.2, 0) is 7.05 Å². The Bertz CT molecular complexity index is 1100. The van der Waals surface area contributed by atoms with Crippen LogP contribution in [0.1, 0.15) is 36.5 Å². The van der Waals surface area contributed by atoms with Crippen LogP contribution in [0.15, 0.2) is 48.8 Å². The molecule has 3 nitrogen and oxygen atoms in total. The largest absolute Gasteiger partial charge is 0.300 e. The Morgan fingerprint density at radius 3 is 2.64 bits per heavy atom. The summed E-state index contributed by atoms with van der Waals surface area (Å²) < 4.78 is 4.38. The SMILES string of the molecule is Cc1c[n+](C)c(-c2ccc3c(nc4ccccn43)c2C)cc1C(C)C. The van der Waals surface area contributed by atoms with Gasteiger partial charge < -0.3 is 0 Å². The molecule has 3 heteroatoms. The van der Waals surface area contributed by atoms with Crippen molar-refractivity contribution in [1.29, 1.82) is 0 Å². The van der Waals surface area contributed by atoms with Crippen molar-refractivity contribution >= 4 is 16.7 Å². The highest BCUT2D eigenvalue weighted by molar-refractivity contribution is 5.88. The van der Waals surface area contributed by atoms with Crippen LogP contribution >= 0.6 is 0 Å². The molecule has 0 bridgehead atoms. The van der Waals surface area contributed by atoms with E-state index < -0.39 is 0 Å². The van der Waals surface area contributed by atoms with Crippen molar-refractivity contribution in [2.45, 2.75) is 33.6 Å². The Morgan fingerprint density at radius 2 is 1.88 bits per heavy atom. The molecule has 4 aromatic rings. The number of nitrogens with zero attached hydrogens (tertiary/aromatic N) is 3. The van der Waals surface area contributed by atoms with Gasteiger partial charge in [-0.2, -0.15) is 0 Å². The van der Waals surface area contributed by atoms with Gasteiger partial charge in [0.15, 0.2) is 6.20 Å². The predicted molar refractivity (Wildman–Crippen MR) is 103 cm³/mol. The fourth-order valence-electron chi connectivity index (χ4n) is 3.83. The fraction of sp³-hybridized carbons (Fsp3) is 0.273. The van der Waals surface area contributed by atoms with E-state index in [0.29, 0.717) is 5.92 Å². The van der Waals surface area contributed by atoms with Crippen molar-refractivity contribution in [2.75, 3.05) is 0 Å². The number of hydrogen-bond donors (Lipinski definition) is 0. The predicted octanol–water partition coefficient (Wildman–Crippen LogP) is 4.72. The average Bonchev–Trinajstić information content (AvgIpc) is 2.95. The zero-order valence-electron chi connectivity index (χ0n) is 15.5. The quantitative estimate of drug-likeness (QED) is 0.487. The number of aryl methyl sites for hydroxylation is 3. The van der Waals surface area contributed by atoms with Crippen molar-refractivity contribution < 1.29 is 4.57 Å². The molecule has 25 heavy (non-hydrogen) atoms. The smallest absolute Gasteiger partial charge is 0.212 e. The maximum absolute atomic E-state index is 4.86. The third-order valence-corrected chi connectivity index (χ3v) is 5.15. The summed E-state index contributed by atoms with van der Waals surface area (Å²) in [4.78, 5) is 4.86. The third kappa shape index (κ3) is 2.42. The normalized spacial score (nSPS) is 11.8. The Morgan fingerprint density at radius 1 is 1.08 bits per heavy atom. The number of imidazole rings is 1. The molecular formula is C22H24N3+. The summed E-state index contributed by atoms with van der Waals surface area (Å²) in [7, 11) is 2.12. The third-order valence-electron chi connectivity index (χ3n) is 5.15. The molecule has 0 unspecified atom stereocenters. The molecule has 0 spiro atoms. The Kier molecular flexibility index (Phi) is 3.60. The first kappa shape index (κ1) is 15.8. The molecule has 0 saturated heterocycles. The van der Waals surface area contributed by atoms with E-state index in [0.717, 1.165) is 16.7 Å². The van der Waals surface area contributed by atoms with E-state index in [2.05, 4.69) is 80.4 Å². The average molecular weight is 330 g/mol. The first-order chi connectivity index (χ1) is 12.0.